The van der Waals surface area contributed by atoms with E-state index in [4.69, 9.17) is 4.99 Å². The summed E-state index contributed by atoms with van der Waals surface area (Å²) in [4.78, 5) is 12.1. The summed E-state index contributed by atoms with van der Waals surface area (Å²) < 4.78 is 0. The molecule has 31 heavy (non-hydrogen) atoms. The Morgan fingerprint density at radius 2 is 1.58 bits per heavy atom. The second-order valence-electron chi connectivity index (χ2n) is 9.38. The van der Waals surface area contributed by atoms with Crippen LogP contribution in [-0.2, 0) is 0 Å². The normalized spacial score (nSPS) is 17.6. The Balaban J connectivity index is 1.60. The fraction of sp³-hybridized carbons (Fsp3) is 0.593. The van der Waals surface area contributed by atoms with E-state index in [-0.39, 0.29) is 0 Å². The molecule has 1 aromatic rings. The number of thioether (sulfide) groups is 1. The Labute approximate surface area is 194 Å². The van der Waals surface area contributed by atoms with Gasteiger partial charge in [-0.3, -0.25) is 4.90 Å². The zero-order valence-corrected chi connectivity index (χ0v) is 21.1. The maximum Gasteiger partial charge on any atom is 0.0778 e. The molecular formula is C27H41N3S. The average molecular weight is 440 g/mol. The number of likely N-dealkylation sites (N-methyl/N-ethyl adjacent to an activating group) is 1. The van der Waals surface area contributed by atoms with Crippen LogP contribution in [0.3, 0.4) is 0 Å². The summed E-state index contributed by atoms with van der Waals surface area (Å²) in [6.07, 6.45) is 18.4. The van der Waals surface area contributed by atoms with Crippen molar-refractivity contribution in [3.8, 4) is 0 Å². The van der Waals surface area contributed by atoms with Gasteiger partial charge in [-0.05, 0) is 62.9 Å². The Bertz CT molecular complexity index is 820. The van der Waals surface area contributed by atoms with Gasteiger partial charge in [0.1, 0.15) is 0 Å². The molecule has 3 rings (SSSR count). The van der Waals surface area contributed by atoms with Gasteiger partial charge in [0.15, 0.2) is 0 Å². The summed E-state index contributed by atoms with van der Waals surface area (Å²) in [5, 5.41) is 0. The molecule has 0 bridgehead atoms. The minimum absolute atomic E-state index is 0.383. The Morgan fingerprint density at radius 3 is 2.23 bits per heavy atom. The number of hydrogen-bond acceptors (Lipinski definition) is 4. The Morgan fingerprint density at radius 1 is 0.903 bits per heavy atom. The molecule has 0 amide bonds. The molecule has 3 nitrogen and oxygen atoms in total. The van der Waals surface area contributed by atoms with Gasteiger partial charge >= 0.3 is 0 Å². The molecule has 0 radical (unpaired) electrons. The van der Waals surface area contributed by atoms with Crippen molar-refractivity contribution in [1.82, 2.24) is 4.90 Å². The highest BCUT2D eigenvalue weighted by Crippen LogP contribution is 2.44. The van der Waals surface area contributed by atoms with Crippen LogP contribution in [0.2, 0.25) is 0 Å². The van der Waals surface area contributed by atoms with E-state index in [0.29, 0.717) is 6.04 Å². The highest BCUT2D eigenvalue weighted by Gasteiger charge is 2.26. The zero-order valence-electron chi connectivity index (χ0n) is 20.3. The van der Waals surface area contributed by atoms with E-state index in [9.17, 15) is 0 Å². The van der Waals surface area contributed by atoms with Crippen molar-refractivity contribution in [2.45, 2.75) is 82.1 Å². The van der Waals surface area contributed by atoms with Crippen LogP contribution >= 0.6 is 11.8 Å². The minimum Gasteiger partial charge on any atom is -0.378 e. The number of nitrogens with zero attached hydrogens (tertiary/aromatic N) is 3. The summed E-state index contributed by atoms with van der Waals surface area (Å²) in [5.41, 5.74) is 5.00. The molecule has 0 aromatic heterocycles. The quantitative estimate of drug-likeness (QED) is 0.312. The first-order valence-electron chi connectivity index (χ1n) is 12.2. The fourth-order valence-corrected chi connectivity index (χ4v) is 5.43. The summed E-state index contributed by atoms with van der Waals surface area (Å²) in [7, 11) is 8.57. The lowest BCUT2D eigenvalue weighted by Gasteiger charge is -2.31. The minimum atomic E-state index is 0.383. The number of aliphatic imine (C=N–C) groups is 1. The number of unbranched alkanes of at least 4 members (excludes halogenated alkanes) is 8. The summed E-state index contributed by atoms with van der Waals surface area (Å²) in [6.45, 7) is 2.29. The molecule has 1 unspecified atom stereocenters. The molecule has 1 heterocycles. The van der Waals surface area contributed by atoms with Gasteiger partial charge in [-0.25, -0.2) is 4.99 Å². The van der Waals surface area contributed by atoms with Crippen molar-refractivity contribution in [2.24, 2.45) is 4.99 Å². The number of benzene rings is 1. The van der Waals surface area contributed by atoms with Crippen molar-refractivity contribution in [3.63, 3.8) is 0 Å². The van der Waals surface area contributed by atoms with E-state index in [1.807, 2.05) is 11.8 Å². The van der Waals surface area contributed by atoms with E-state index < -0.39 is 0 Å². The first kappa shape index (κ1) is 24.1. The molecule has 0 N–H and O–H groups in total. The van der Waals surface area contributed by atoms with E-state index in [2.05, 4.69) is 75.3 Å². The van der Waals surface area contributed by atoms with E-state index >= 15 is 0 Å². The SMILES string of the molecule is CCCCCCCCCCCC1=CC2=Nc3ccc(N(C)C)cc3SC2=CC1N(C)C. The second kappa shape index (κ2) is 11.9. The third-order valence-corrected chi connectivity index (χ3v) is 7.42. The van der Waals surface area contributed by atoms with E-state index in [1.54, 1.807) is 0 Å². The lowest BCUT2D eigenvalue weighted by atomic mass is 9.93. The number of hydrogen-bond donors (Lipinski definition) is 0. The van der Waals surface area contributed by atoms with Crippen LogP contribution in [0.15, 0.2) is 50.7 Å². The van der Waals surface area contributed by atoms with Crippen LogP contribution in [0, 0.1) is 0 Å². The predicted molar refractivity (Wildman–Crippen MR) is 139 cm³/mol. The maximum atomic E-state index is 5.02. The van der Waals surface area contributed by atoms with Gasteiger partial charge in [-0.1, -0.05) is 70.1 Å². The molecule has 0 saturated carbocycles. The number of allylic oxidation sites excluding steroid dienone is 2. The molecule has 4 heteroatoms. The topological polar surface area (TPSA) is 18.8 Å². The van der Waals surface area contributed by atoms with Crippen LogP contribution in [0.25, 0.3) is 0 Å². The maximum absolute atomic E-state index is 5.02. The highest BCUT2D eigenvalue weighted by atomic mass is 32.2. The van der Waals surface area contributed by atoms with Gasteiger partial charge in [-0.2, -0.15) is 0 Å². The van der Waals surface area contributed by atoms with Gasteiger partial charge in [0.05, 0.1) is 17.4 Å². The summed E-state index contributed by atoms with van der Waals surface area (Å²) in [6, 6.07) is 6.96. The van der Waals surface area contributed by atoms with E-state index in [1.165, 1.54) is 85.3 Å². The van der Waals surface area contributed by atoms with Gasteiger partial charge in [0.25, 0.3) is 0 Å². The fourth-order valence-electron chi connectivity index (χ4n) is 4.39. The van der Waals surface area contributed by atoms with E-state index in [0.717, 1.165) is 11.4 Å². The van der Waals surface area contributed by atoms with Crippen LogP contribution in [0.5, 0.6) is 0 Å². The lowest BCUT2D eigenvalue weighted by molar-refractivity contribution is 0.369. The standard InChI is InChI=1S/C27H41N3S/c1-6-7-8-9-10-11-12-13-14-15-21-18-24-27(20-25(21)30(4)5)31-26-19-22(29(2)3)16-17-23(26)28-24/h16-20,25H,6-15H2,1-5H3. The van der Waals surface area contributed by atoms with Gasteiger partial charge in [0, 0.05) is 29.6 Å². The number of fused-ring (bicyclic) bond motifs is 2. The first-order valence-corrected chi connectivity index (χ1v) is 13.0. The molecule has 0 fully saturated rings. The lowest BCUT2D eigenvalue weighted by Crippen LogP contribution is -2.31. The number of anilines is 1. The van der Waals surface area contributed by atoms with Gasteiger partial charge in [0.2, 0.25) is 0 Å². The number of rotatable bonds is 12. The van der Waals surface area contributed by atoms with Crippen molar-refractivity contribution in [3.05, 3.63) is 40.8 Å². The molecule has 1 aliphatic carbocycles. The van der Waals surface area contributed by atoms with Crippen molar-refractivity contribution < 1.29 is 0 Å². The van der Waals surface area contributed by atoms with Gasteiger partial charge in [-0.15, -0.1) is 0 Å². The Kier molecular flexibility index (Phi) is 9.28. The molecule has 1 aromatic carbocycles. The second-order valence-corrected chi connectivity index (χ2v) is 10.5. The molecule has 2 aliphatic rings. The smallest absolute Gasteiger partial charge is 0.0778 e. The third-order valence-electron chi connectivity index (χ3n) is 6.31. The van der Waals surface area contributed by atoms with Crippen molar-refractivity contribution in [1.29, 1.82) is 0 Å². The Hall–Kier alpha value is -1.52. The monoisotopic (exact) mass is 439 g/mol. The molecule has 0 saturated heterocycles. The summed E-state index contributed by atoms with van der Waals surface area (Å²) >= 11 is 1.87. The van der Waals surface area contributed by atoms with Crippen LogP contribution < -0.4 is 4.90 Å². The predicted octanol–water partition coefficient (Wildman–Crippen LogP) is 7.61. The van der Waals surface area contributed by atoms with Crippen molar-refractivity contribution in [2.75, 3.05) is 33.1 Å². The molecular weight excluding hydrogens is 398 g/mol. The molecule has 1 atom stereocenters. The third kappa shape index (κ3) is 6.73. The van der Waals surface area contributed by atoms with Crippen molar-refractivity contribution >= 4 is 28.8 Å². The zero-order chi connectivity index (χ0) is 22.2. The highest BCUT2D eigenvalue weighted by molar-refractivity contribution is 8.04. The average Bonchev–Trinajstić information content (AvgIpc) is 2.75. The van der Waals surface area contributed by atoms with Gasteiger partial charge < -0.3 is 4.90 Å². The largest absolute Gasteiger partial charge is 0.378 e. The van der Waals surface area contributed by atoms with Crippen LogP contribution in [-0.4, -0.2) is 44.8 Å². The molecule has 0 spiro atoms. The molecule has 1 aliphatic heterocycles. The first-order chi connectivity index (χ1) is 15.0. The van der Waals surface area contributed by atoms with Crippen LogP contribution in [0.1, 0.15) is 71.1 Å². The molecule has 170 valence electrons. The summed E-state index contributed by atoms with van der Waals surface area (Å²) in [5.74, 6) is 0. The van der Waals surface area contributed by atoms with Crippen LogP contribution in [0.4, 0.5) is 11.4 Å².